The number of hydrogen-bond acceptors (Lipinski definition) is 5. The van der Waals surface area contributed by atoms with Crippen LogP contribution in [0.5, 0.6) is 0 Å². The third-order valence-electron chi connectivity index (χ3n) is 3.24. The van der Waals surface area contributed by atoms with Crippen LogP contribution >= 0.6 is 0 Å². The van der Waals surface area contributed by atoms with Gasteiger partial charge in [0.25, 0.3) is 11.2 Å². The molecule has 7 heteroatoms. The number of aliphatic hydroxyl groups excluding tert-OH is 1. The minimum absolute atomic E-state index is 0.0163. The standard InChI is InChI=1S/C13H15N3O4/c1-7(2)12(17)4-8-3-10-9(5-11(8)16(19)20)13(18)15-6-14-10/h3,5-7,12,17H,4H2,1-2H3,(H,14,15,18). The zero-order valence-electron chi connectivity index (χ0n) is 11.2. The molecule has 7 nitrogen and oxygen atoms in total. The molecular formula is C13H15N3O4. The van der Waals surface area contributed by atoms with Gasteiger partial charge in [-0.05, 0) is 12.0 Å². The first kappa shape index (κ1) is 14.1. The number of benzene rings is 1. The summed E-state index contributed by atoms with van der Waals surface area (Å²) in [7, 11) is 0. The van der Waals surface area contributed by atoms with E-state index >= 15 is 0 Å². The fraction of sp³-hybridized carbons (Fsp3) is 0.385. The van der Waals surface area contributed by atoms with E-state index < -0.39 is 16.6 Å². The van der Waals surface area contributed by atoms with Crippen molar-refractivity contribution in [2.24, 2.45) is 5.92 Å². The Labute approximate surface area is 114 Å². The van der Waals surface area contributed by atoms with E-state index in [0.717, 1.165) is 0 Å². The molecule has 0 aliphatic heterocycles. The molecule has 106 valence electrons. The fourth-order valence-electron chi connectivity index (χ4n) is 1.94. The van der Waals surface area contributed by atoms with E-state index in [1.165, 1.54) is 18.5 Å². The lowest BCUT2D eigenvalue weighted by molar-refractivity contribution is -0.385. The lowest BCUT2D eigenvalue weighted by atomic mass is 9.97. The number of nitro benzene ring substituents is 1. The van der Waals surface area contributed by atoms with Crippen molar-refractivity contribution in [2.75, 3.05) is 0 Å². The zero-order chi connectivity index (χ0) is 14.9. The van der Waals surface area contributed by atoms with Crippen molar-refractivity contribution in [1.29, 1.82) is 0 Å². The van der Waals surface area contributed by atoms with Crippen molar-refractivity contribution in [3.05, 3.63) is 44.5 Å². The van der Waals surface area contributed by atoms with Crippen LogP contribution in [0.2, 0.25) is 0 Å². The highest BCUT2D eigenvalue weighted by Gasteiger charge is 2.20. The van der Waals surface area contributed by atoms with Gasteiger partial charge in [-0.15, -0.1) is 0 Å². The molecule has 0 radical (unpaired) electrons. The highest BCUT2D eigenvalue weighted by molar-refractivity contribution is 5.81. The summed E-state index contributed by atoms with van der Waals surface area (Å²) in [4.78, 5) is 28.6. The number of aromatic amines is 1. The zero-order valence-corrected chi connectivity index (χ0v) is 11.2. The minimum atomic E-state index is -0.687. The molecule has 2 N–H and O–H groups in total. The van der Waals surface area contributed by atoms with E-state index in [1.54, 1.807) is 0 Å². The predicted molar refractivity (Wildman–Crippen MR) is 73.6 cm³/mol. The molecular weight excluding hydrogens is 262 g/mol. The number of aliphatic hydroxyl groups is 1. The first-order valence-corrected chi connectivity index (χ1v) is 6.23. The number of rotatable bonds is 4. The SMILES string of the molecule is CC(C)C(O)Cc1cc2nc[nH]c(=O)c2cc1[N+](=O)[O-]. The molecule has 1 aromatic carbocycles. The maximum absolute atomic E-state index is 11.6. The lowest BCUT2D eigenvalue weighted by Gasteiger charge is -2.14. The van der Waals surface area contributed by atoms with Crippen molar-refractivity contribution in [3.8, 4) is 0 Å². The van der Waals surface area contributed by atoms with Crippen LogP contribution in [0.3, 0.4) is 0 Å². The Kier molecular flexibility index (Phi) is 3.80. The highest BCUT2D eigenvalue weighted by atomic mass is 16.6. The topological polar surface area (TPSA) is 109 Å². The first-order valence-electron chi connectivity index (χ1n) is 6.23. The van der Waals surface area contributed by atoms with Gasteiger partial charge in [-0.25, -0.2) is 4.98 Å². The largest absolute Gasteiger partial charge is 0.393 e. The van der Waals surface area contributed by atoms with Gasteiger partial charge >= 0.3 is 0 Å². The quantitative estimate of drug-likeness (QED) is 0.648. The van der Waals surface area contributed by atoms with Gasteiger partial charge in [0.2, 0.25) is 0 Å². The molecule has 0 aliphatic rings. The third-order valence-corrected chi connectivity index (χ3v) is 3.24. The molecule has 1 heterocycles. The first-order chi connectivity index (χ1) is 9.40. The van der Waals surface area contributed by atoms with E-state index in [2.05, 4.69) is 9.97 Å². The molecule has 0 bridgehead atoms. The molecule has 0 saturated carbocycles. The monoisotopic (exact) mass is 277 g/mol. The Bertz CT molecular complexity index is 708. The van der Waals surface area contributed by atoms with Gasteiger partial charge in [0.1, 0.15) is 0 Å². The Morgan fingerprint density at radius 2 is 2.15 bits per heavy atom. The van der Waals surface area contributed by atoms with Gasteiger partial charge in [-0.1, -0.05) is 13.8 Å². The average Bonchev–Trinajstić information content (AvgIpc) is 2.38. The maximum Gasteiger partial charge on any atom is 0.273 e. The Balaban J connectivity index is 2.60. The molecule has 20 heavy (non-hydrogen) atoms. The number of aromatic nitrogens is 2. The number of H-pyrrole nitrogens is 1. The van der Waals surface area contributed by atoms with Gasteiger partial charge in [-0.2, -0.15) is 0 Å². The molecule has 1 atom stereocenters. The van der Waals surface area contributed by atoms with E-state index in [4.69, 9.17) is 0 Å². The summed E-state index contributed by atoms with van der Waals surface area (Å²) >= 11 is 0. The van der Waals surface area contributed by atoms with Crippen LogP contribution in [-0.4, -0.2) is 26.1 Å². The van der Waals surface area contributed by atoms with Crippen LogP contribution in [-0.2, 0) is 6.42 Å². The molecule has 0 saturated heterocycles. The summed E-state index contributed by atoms with van der Waals surface area (Å²) in [6, 6.07) is 2.71. The number of nitrogens with one attached hydrogen (secondary N) is 1. The smallest absolute Gasteiger partial charge is 0.273 e. The number of hydrogen-bond donors (Lipinski definition) is 2. The summed E-state index contributed by atoms with van der Waals surface area (Å²) in [5.41, 5.74) is 0.164. The molecule has 2 aromatic rings. The maximum atomic E-state index is 11.6. The Morgan fingerprint density at radius 1 is 1.45 bits per heavy atom. The molecule has 0 amide bonds. The minimum Gasteiger partial charge on any atom is -0.393 e. The second kappa shape index (κ2) is 5.38. The second-order valence-corrected chi connectivity index (χ2v) is 5.00. The summed E-state index contributed by atoms with van der Waals surface area (Å²) in [6.07, 6.45) is 0.713. The summed E-state index contributed by atoms with van der Waals surface area (Å²) in [6.45, 7) is 3.67. The van der Waals surface area contributed by atoms with E-state index in [-0.39, 0.29) is 23.4 Å². The predicted octanol–water partition coefficient (Wildman–Crippen LogP) is 1.39. The van der Waals surface area contributed by atoms with Crippen LogP contribution in [0, 0.1) is 16.0 Å². The number of fused-ring (bicyclic) bond motifs is 1. The van der Waals surface area contributed by atoms with Crippen LogP contribution in [0.15, 0.2) is 23.3 Å². The number of nitrogens with zero attached hydrogens (tertiary/aromatic N) is 2. The Hall–Kier alpha value is -2.28. The Morgan fingerprint density at radius 3 is 2.75 bits per heavy atom. The summed E-state index contributed by atoms with van der Waals surface area (Å²) in [5, 5.41) is 21.2. The molecule has 0 fully saturated rings. The van der Waals surface area contributed by atoms with Gasteiger partial charge in [0, 0.05) is 18.1 Å². The lowest BCUT2D eigenvalue weighted by Crippen LogP contribution is -2.18. The number of nitro groups is 1. The highest BCUT2D eigenvalue weighted by Crippen LogP contribution is 2.25. The van der Waals surface area contributed by atoms with Crippen LogP contribution < -0.4 is 5.56 Å². The van der Waals surface area contributed by atoms with E-state index in [1.807, 2.05) is 13.8 Å². The fourth-order valence-corrected chi connectivity index (χ4v) is 1.94. The normalized spacial score (nSPS) is 12.8. The van der Waals surface area contributed by atoms with Gasteiger partial charge in [0.05, 0.1) is 28.3 Å². The van der Waals surface area contributed by atoms with Crippen molar-refractivity contribution >= 4 is 16.6 Å². The van der Waals surface area contributed by atoms with Crippen LogP contribution in [0.25, 0.3) is 10.9 Å². The molecule has 0 spiro atoms. The summed E-state index contributed by atoms with van der Waals surface area (Å²) < 4.78 is 0. The van der Waals surface area contributed by atoms with Crippen molar-refractivity contribution in [2.45, 2.75) is 26.4 Å². The van der Waals surface area contributed by atoms with Crippen LogP contribution in [0.1, 0.15) is 19.4 Å². The van der Waals surface area contributed by atoms with E-state index in [9.17, 15) is 20.0 Å². The van der Waals surface area contributed by atoms with Gasteiger partial charge in [0.15, 0.2) is 0 Å². The molecule has 1 unspecified atom stereocenters. The second-order valence-electron chi connectivity index (χ2n) is 5.00. The van der Waals surface area contributed by atoms with E-state index in [0.29, 0.717) is 11.1 Å². The third kappa shape index (κ3) is 2.67. The van der Waals surface area contributed by atoms with Crippen molar-refractivity contribution < 1.29 is 10.0 Å². The van der Waals surface area contributed by atoms with Crippen LogP contribution in [0.4, 0.5) is 5.69 Å². The van der Waals surface area contributed by atoms with Gasteiger partial charge < -0.3 is 10.1 Å². The summed E-state index contributed by atoms with van der Waals surface area (Å²) in [5.74, 6) is -0.0163. The molecule has 2 rings (SSSR count). The average molecular weight is 277 g/mol. The van der Waals surface area contributed by atoms with Crippen molar-refractivity contribution in [1.82, 2.24) is 9.97 Å². The van der Waals surface area contributed by atoms with Gasteiger partial charge in [-0.3, -0.25) is 14.9 Å². The van der Waals surface area contributed by atoms with Crippen molar-refractivity contribution in [3.63, 3.8) is 0 Å². The molecule has 0 aliphatic carbocycles. The molecule has 1 aromatic heterocycles.